The monoisotopic (exact) mass is 381 g/mol. The summed E-state index contributed by atoms with van der Waals surface area (Å²) < 4.78 is 42.7. The van der Waals surface area contributed by atoms with Gasteiger partial charge in [-0.1, -0.05) is 28.1 Å². The smallest absolute Gasteiger partial charge is 0.446 e. The van der Waals surface area contributed by atoms with E-state index in [1.54, 1.807) is 13.0 Å². The summed E-state index contributed by atoms with van der Waals surface area (Å²) in [5.74, 6) is -0.580. The van der Waals surface area contributed by atoms with Crippen LogP contribution in [0, 0.1) is 11.3 Å². The van der Waals surface area contributed by atoms with E-state index in [4.69, 9.17) is 10.00 Å². The second kappa shape index (κ2) is 7.71. The minimum atomic E-state index is -4.51. The molecule has 0 aliphatic heterocycles. The van der Waals surface area contributed by atoms with Gasteiger partial charge in [0.25, 0.3) is 0 Å². The molecule has 0 unspecified atom stereocenters. The lowest BCUT2D eigenvalue weighted by Crippen LogP contribution is -2.10. The summed E-state index contributed by atoms with van der Waals surface area (Å²) in [6.07, 6.45) is -0.231. The molecule has 0 atom stereocenters. The fourth-order valence-electron chi connectivity index (χ4n) is 1.64. The molecule has 1 aromatic carbocycles. The van der Waals surface area contributed by atoms with E-state index in [1.165, 1.54) is 12.1 Å². The molecule has 0 N–H and O–H groups in total. The third kappa shape index (κ3) is 5.25. The Kier molecular flexibility index (Phi) is 6.55. The first kappa shape index (κ1) is 17.9. The average molecular weight is 382 g/mol. The molecule has 0 amide bonds. The topological polar surface area (TPSA) is 50.1 Å². The Morgan fingerprint density at radius 2 is 2.05 bits per heavy atom. The number of thioether (sulfide) groups is 1. The largest absolute Gasteiger partial charge is 0.466 e. The molecule has 114 valence electrons. The quantitative estimate of drug-likeness (QED) is 0.436. The number of halogens is 4. The SMILES string of the molecule is CCOC(=O)Cc1ccc(CBr)c(SC(F)(F)F)c1C#N. The van der Waals surface area contributed by atoms with Crippen LogP contribution in [0.15, 0.2) is 17.0 Å². The zero-order valence-electron chi connectivity index (χ0n) is 11.0. The third-order valence-corrected chi connectivity index (χ3v) is 3.95. The third-order valence-electron chi connectivity index (χ3n) is 2.44. The molecule has 8 heteroatoms. The van der Waals surface area contributed by atoms with Crippen molar-refractivity contribution in [3.05, 3.63) is 28.8 Å². The van der Waals surface area contributed by atoms with E-state index in [0.717, 1.165) is 0 Å². The Balaban J connectivity index is 3.26. The molecule has 3 nitrogen and oxygen atoms in total. The minimum Gasteiger partial charge on any atom is -0.466 e. The zero-order chi connectivity index (χ0) is 16.0. The van der Waals surface area contributed by atoms with E-state index in [9.17, 15) is 18.0 Å². The molecule has 21 heavy (non-hydrogen) atoms. The van der Waals surface area contributed by atoms with Gasteiger partial charge in [0.2, 0.25) is 0 Å². The van der Waals surface area contributed by atoms with Gasteiger partial charge in [0.05, 0.1) is 18.6 Å². The van der Waals surface area contributed by atoms with Crippen LogP contribution in [0.3, 0.4) is 0 Å². The lowest BCUT2D eigenvalue weighted by atomic mass is 10.0. The van der Waals surface area contributed by atoms with Crippen molar-refractivity contribution in [2.24, 2.45) is 0 Å². The van der Waals surface area contributed by atoms with Crippen LogP contribution in [-0.2, 0) is 21.3 Å². The predicted octanol–water partition coefficient (Wildman–Crippen LogP) is 4.17. The van der Waals surface area contributed by atoms with Crippen molar-refractivity contribution in [2.45, 2.75) is 29.1 Å². The molecule has 1 aromatic rings. The summed E-state index contributed by atoms with van der Waals surface area (Å²) in [4.78, 5) is 11.3. The van der Waals surface area contributed by atoms with Crippen molar-refractivity contribution in [1.82, 2.24) is 0 Å². The number of rotatable bonds is 5. The number of carbonyl (C=O) groups is 1. The van der Waals surface area contributed by atoms with Crippen molar-refractivity contribution in [3.8, 4) is 6.07 Å². The van der Waals surface area contributed by atoms with E-state index < -0.39 is 11.5 Å². The van der Waals surface area contributed by atoms with Gasteiger partial charge < -0.3 is 4.74 Å². The summed E-state index contributed by atoms with van der Waals surface area (Å²) in [6, 6.07) is 4.71. The fraction of sp³-hybridized carbons (Fsp3) is 0.385. The van der Waals surface area contributed by atoms with Crippen molar-refractivity contribution in [3.63, 3.8) is 0 Å². The normalized spacial score (nSPS) is 11.0. The predicted molar refractivity (Wildman–Crippen MR) is 76.0 cm³/mol. The van der Waals surface area contributed by atoms with Gasteiger partial charge in [-0.2, -0.15) is 18.4 Å². The highest BCUT2D eigenvalue weighted by Crippen LogP contribution is 2.41. The van der Waals surface area contributed by atoms with Gasteiger partial charge in [-0.05, 0) is 29.8 Å². The highest BCUT2D eigenvalue weighted by atomic mass is 79.9. The Hall–Kier alpha value is -1.20. The molecule has 0 aromatic heterocycles. The van der Waals surface area contributed by atoms with Gasteiger partial charge in [-0.15, -0.1) is 0 Å². The number of nitriles is 1. The summed E-state index contributed by atoms with van der Waals surface area (Å²) in [5, 5.41) is 9.34. The molecular weight excluding hydrogens is 371 g/mol. The average Bonchev–Trinajstić information content (AvgIpc) is 2.37. The second-order valence-electron chi connectivity index (χ2n) is 3.86. The van der Waals surface area contributed by atoms with Gasteiger partial charge in [0, 0.05) is 10.2 Å². The highest BCUT2D eigenvalue weighted by Gasteiger charge is 2.32. The van der Waals surface area contributed by atoms with Gasteiger partial charge in [0.15, 0.2) is 0 Å². The van der Waals surface area contributed by atoms with Gasteiger partial charge in [0.1, 0.15) is 6.07 Å². The number of carbonyl (C=O) groups excluding carboxylic acids is 1. The maximum Gasteiger partial charge on any atom is 0.446 e. The standard InChI is InChI=1S/C13H11BrF3NO2S/c1-2-20-11(19)5-8-3-4-9(6-14)12(10(8)7-18)21-13(15,16)17/h3-4H,2,5-6H2,1H3. The first-order valence-corrected chi connectivity index (χ1v) is 7.78. The Morgan fingerprint density at radius 3 is 2.52 bits per heavy atom. The highest BCUT2D eigenvalue weighted by molar-refractivity contribution is 9.08. The van der Waals surface area contributed by atoms with Crippen LogP contribution < -0.4 is 0 Å². The van der Waals surface area contributed by atoms with E-state index >= 15 is 0 Å². The maximum absolute atomic E-state index is 12.6. The molecule has 1 rings (SSSR count). The van der Waals surface area contributed by atoms with Crippen LogP contribution in [0.2, 0.25) is 0 Å². The Labute approximate surface area is 132 Å². The fourth-order valence-corrected chi connectivity index (χ4v) is 3.08. The van der Waals surface area contributed by atoms with Crippen molar-refractivity contribution < 1.29 is 22.7 Å². The number of benzene rings is 1. The van der Waals surface area contributed by atoms with Crippen LogP contribution in [0.25, 0.3) is 0 Å². The molecule has 0 heterocycles. The molecule has 0 aliphatic carbocycles. The number of ether oxygens (including phenoxy) is 1. The number of hydrogen-bond donors (Lipinski definition) is 0. The molecular formula is C13H11BrF3NO2S. The summed E-state index contributed by atoms with van der Waals surface area (Å²) in [6.45, 7) is 1.80. The molecule has 0 radical (unpaired) electrons. The van der Waals surface area contributed by atoms with Gasteiger partial charge >= 0.3 is 11.5 Å². The summed E-state index contributed by atoms with van der Waals surface area (Å²) in [7, 11) is 0. The van der Waals surface area contributed by atoms with E-state index in [2.05, 4.69) is 15.9 Å². The number of hydrogen-bond acceptors (Lipinski definition) is 4. The number of alkyl halides is 4. The lowest BCUT2D eigenvalue weighted by Gasteiger charge is -2.14. The van der Waals surface area contributed by atoms with Crippen LogP contribution in [0.1, 0.15) is 23.6 Å². The summed E-state index contributed by atoms with van der Waals surface area (Å²) >= 11 is 2.75. The first-order chi connectivity index (χ1) is 9.82. The molecule has 0 aliphatic rings. The maximum atomic E-state index is 12.6. The van der Waals surface area contributed by atoms with Gasteiger partial charge in [-0.25, -0.2) is 0 Å². The molecule has 0 fully saturated rings. The number of esters is 1. The van der Waals surface area contributed by atoms with E-state index in [1.807, 2.05) is 0 Å². The molecule has 0 bridgehead atoms. The second-order valence-corrected chi connectivity index (χ2v) is 5.50. The van der Waals surface area contributed by atoms with Crippen LogP contribution in [-0.4, -0.2) is 18.1 Å². The Bertz CT molecular complexity index is 570. The van der Waals surface area contributed by atoms with Crippen LogP contribution in [0.5, 0.6) is 0 Å². The molecule has 0 spiro atoms. The molecule has 0 saturated carbocycles. The Morgan fingerprint density at radius 1 is 1.43 bits per heavy atom. The minimum absolute atomic E-state index is 0.137. The summed E-state index contributed by atoms with van der Waals surface area (Å²) in [5.41, 5.74) is -4.07. The van der Waals surface area contributed by atoms with Gasteiger partial charge in [-0.3, -0.25) is 4.79 Å². The van der Waals surface area contributed by atoms with Crippen LogP contribution in [0.4, 0.5) is 13.2 Å². The number of nitrogens with zero attached hydrogens (tertiary/aromatic N) is 1. The van der Waals surface area contributed by atoms with Crippen molar-refractivity contribution >= 4 is 33.7 Å². The van der Waals surface area contributed by atoms with E-state index in [-0.39, 0.29) is 46.1 Å². The first-order valence-electron chi connectivity index (χ1n) is 5.84. The van der Waals surface area contributed by atoms with Crippen molar-refractivity contribution in [2.75, 3.05) is 6.61 Å². The lowest BCUT2D eigenvalue weighted by molar-refractivity contribution is -0.142. The molecule has 0 saturated heterocycles. The zero-order valence-corrected chi connectivity index (χ0v) is 13.4. The van der Waals surface area contributed by atoms with Crippen molar-refractivity contribution in [1.29, 1.82) is 5.26 Å². The van der Waals surface area contributed by atoms with Crippen LogP contribution >= 0.6 is 27.7 Å². The van der Waals surface area contributed by atoms with E-state index in [0.29, 0.717) is 5.56 Å².